The first kappa shape index (κ1) is 18.8. The predicted molar refractivity (Wildman–Crippen MR) is 104 cm³/mol. The lowest BCUT2D eigenvalue weighted by molar-refractivity contribution is -0.384. The number of non-ortho nitro benzene ring substituents is 1. The first-order valence-electron chi connectivity index (χ1n) is 8.10. The van der Waals surface area contributed by atoms with E-state index < -0.39 is 11.0 Å². The van der Waals surface area contributed by atoms with E-state index >= 15 is 0 Å². The molecule has 7 nitrogen and oxygen atoms in total. The summed E-state index contributed by atoms with van der Waals surface area (Å²) in [6, 6.07) is 16.4. The van der Waals surface area contributed by atoms with E-state index in [1.807, 2.05) is 36.4 Å². The van der Waals surface area contributed by atoms with E-state index in [1.54, 1.807) is 12.3 Å². The van der Waals surface area contributed by atoms with Gasteiger partial charge in [-0.15, -0.1) is 0 Å². The van der Waals surface area contributed by atoms with Crippen molar-refractivity contribution in [3.8, 4) is 0 Å². The summed E-state index contributed by atoms with van der Waals surface area (Å²) in [5.74, 6) is 0.419. The molecule has 1 atom stereocenters. The highest BCUT2D eigenvalue weighted by Crippen LogP contribution is 2.28. The lowest BCUT2D eigenvalue weighted by atomic mass is 10.1. The minimum absolute atomic E-state index is 0.0598. The Balaban J connectivity index is 1.79. The van der Waals surface area contributed by atoms with Crippen LogP contribution in [0.3, 0.4) is 0 Å². The van der Waals surface area contributed by atoms with Crippen LogP contribution in [0.1, 0.15) is 17.4 Å². The Kier molecular flexibility index (Phi) is 6.00. The molecule has 1 heterocycles. The molecule has 2 aromatic carbocycles. The molecule has 0 aliphatic rings. The molecule has 3 aromatic rings. The minimum atomic E-state index is -0.626. The number of hydrogen-bond acceptors (Lipinski definition) is 5. The SMILES string of the molecule is O=C(Nc1ccc([N+](=O)[O-])cc1Br)[C@H](NCc1ccco1)c1ccccc1. The van der Waals surface area contributed by atoms with Gasteiger partial charge in [-0.3, -0.25) is 20.2 Å². The average Bonchev–Trinajstić information content (AvgIpc) is 3.18. The zero-order chi connectivity index (χ0) is 19.2. The summed E-state index contributed by atoms with van der Waals surface area (Å²) in [6.45, 7) is 0.376. The van der Waals surface area contributed by atoms with Crippen LogP contribution in [0.4, 0.5) is 11.4 Å². The van der Waals surface area contributed by atoms with Crippen LogP contribution in [0, 0.1) is 10.1 Å². The van der Waals surface area contributed by atoms with E-state index in [4.69, 9.17) is 4.42 Å². The van der Waals surface area contributed by atoms with Crippen LogP contribution >= 0.6 is 15.9 Å². The lowest BCUT2D eigenvalue weighted by Gasteiger charge is -2.19. The summed E-state index contributed by atoms with van der Waals surface area (Å²) in [7, 11) is 0. The van der Waals surface area contributed by atoms with Crippen molar-refractivity contribution >= 4 is 33.2 Å². The van der Waals surface area contributed by atoms with Crippen molar-refractivity contribution in [2.24, 2.45) is 0 Å². The van der Waals surface area contributed by atoms with E-state index in [1.165, 1.54) is 18.2 Å². The van der Waals surface area contributed by atoms with Crippen molar-refractivity contribution < 1.29 is 14.1 Å². The van der Waals surface area contributed by atoms with Crippen molar-refractivity contribution in [3.63, 3.8) is 0 Å². The van der Waals surface area contributed by atoms with Gasteiger partial charge in [0.05, 0.1) is 23.4 Å². The Morgan fingerprint density at radius 2 is 1.93 bits per heavy atom. The van der Waals surface area contributed by atoms with Gasteiger partial charge in [0.25, 0.3) is 5.69 Å². The molecule has 0 fully saturated rings. The second-order valence-corrected chi connectivity index (χ2v) is 6.57. The number of nitrogens with zero attached hydrogens (tertiary/aromatic N) is 1. The summed E-state index contributed by atoms with van der Waals surface area (Å²) >= 11 is 3.27. The van der Waals surface area contributed by atoms with Gasteiger partial charge in [0.1, 0.15) is 11.8 Å². The fraction of sp³-hybridized carbons (Fsp3) is 0.105. The largest absolute Gasteiger partial charge is 0.468 e. The standard InChI is InChI=1S/C19H16BrN3O4/c20-16-11-14(23(25)26)8-9-17(16)22-19(24)18(13-5-2-1-3-6-13)21-12-15-7-4-10-27-15/h1-11,18,21H,12H2,(H,22,24)/t18-/m1/s1. The highest BCUT2D eigenvalue weighted by molar-refractivity contribution is 9.10. The van der Waals surface area contributed by atoms with Crippen LogP contribution in [-0.2, 0) is 11.3 Å². The van der Waals surface area contributed by atoms with Crippen LogP contribution in [0.15, 0.2) is 75.8 Å². The number of anilines is 1. The molecular formula is C19H16BrN3O4. The number of rotatable bonds is 7. The van der Waals surface area contributed by atoms with Gasteiger partial charge in [0, 0.05) is 16.6 Å². The number of hydrogen-bond donors (Lipinski definition) is 2. The van der Waals surface area contributed by atoms with Crippen molar-refractivity contribution in [1.82, 2.24) is 5.32 Å². The summed E-state index contributed by atoms with van der Waals surface area (Å²) in [5, 5.41) is 16.8. The number of furan rings is 1. The average molecular weight is 430 g/mol. The monoisotopic (exact) mass is 429 g/mol. The molecule has 0 spiro atoms. The molecule has 3 rings (SSSR count). The van der Waals surface area contributed by atoms with Crippen molar-refractivity contribution in [3.05, 3.63) is 92.8 Å². The Labute approximate surface area is 163 Å². The van der Waals surface area contributed by atoms with Gasteiger partial charge < -0.3 is 9.73 Å². The molecule has 0 radical (unpaired) electrons. The first-order valence-corrected chi connectivity index (χ1v) is 8.89. The molecule has 2 N–H and O–H groups in total. The normalized spacial score (nSPS) is 11.7. The van der Waals surface area contributed by atoms with Gasteiger partial charge in [-0.2, -0.15) is 0 Å². The third kappa shape index (κ3) is 4.81. The minimum Gasteiger partial charge on any atom is -0.468 e. The Hall–Kier alpha value is -2.97. The molecule has 1 amide bonds. The molecule has 138 valence electrons. The Morgan fingerprint density at radius 3 is 2.56 bits per heavy atom. The van der Waals surface area contributed by atoms with Crippen molar-refractivity contribution in [1.29, 1.82) is 0 Å². The summed E-state index contributed by atoms with van der Waals surface area (Å²) in [5.41, 5.74) is 1.18. The van der Waals surface area contributed by atoms with Gasteiger partial charge in [-0.25, -0.2) is 0 Å². The molecule has 0 saturated heterocycles. The second-order valence-electron chi connectivity index (χ2n) is 5.71. The maximum Gasteiger partial charge on any atom is 0.270 e. The van der Waals surface area contributed by atoms with Crippen LogP contribution in [0.2, 0.25) is 0 Å². The molecular weight excluding hydrogens is 414 g/mol. The fourth-order valence-corrected chi connectivity index (χ4v) is 3.01. The Bertz CT molecular complexity index is 929. The number of nitro benzene ring substituents is 1. The number of nitrogens with one attached hydrogen (secondary N) is 2. The highest BCUT2D eigenvalue weighted by Gasteiger charge is 2.22. The molecule has 1 aromatic heterocycles. The van der Waals surface area contributed by atoms with Crippen molar-refractivity contribution in [2.75, 3.05) is 5.32 Å². The number of benzene rings is 2. The molecule has 0 bridgehead atoms. The molecule has 27 heavy (non-hydrogen) atoms. The predicted octanol–water partition coefficient (Wildman–Crippen LogP) is 4.42. The smallest absolute Gasteiger partial charge is 0.270 e. The van der Waals surface area contributed by atoms with Crippen molar-refractivity contribution in [2.45, 2.75) is 12.6 Å². The summed E-state index contributed by atoms with van der Waals surface area (Å²) < 4.78 is 5.74. The first-order chi connectivity index (χ1) is 13.0. The topological polar surface area (TPSA) is 97.4 Å². The number of carbonyl (C=O) groups is 1. The summed E-state index contributed by atoms with van der Waals surface area (Å²) in [4.78, 5) is 23.2. The summed E-state index contributed by atoms with van der Waals surface area (Å²) in [6.07, 6.45) is 1.57. The maximum atomic E-state index is 12.9. The zero-order valence-corrected chi connectivity index (χ0v) is 15.7. The van der Waals surface area contributed by atoms with Crippen LogP contribution < -0.4 is 10.6 Å². The highest BCUT2D eigenvalue weighted by atomic mass is 79.9. The third-order valence-electron chi connectivity index (χ3n) is 3.88. The van der Waals surface area contributed by atoms with E-state index in [2.05, 4.69) is 26.6 Å². The van der Waals surface area contributed by atoms with Gasteiger partial charge in [-0.05, 0) is 39.7 Å². The lowest BCUT2D eigenvalue weighted by Crippen LogP contribution is -2.32. The molecule has 0 unspecified atom stereocenters. The molecule has 0 saturated carbocycles. The molecule has 8 heteroatoms. The van der Waals surface area contributed by atoms with E-state index in [0.717, 1.165) is 5.56 Å². The number of amides is 1. The fourth-order valence-electron chi connectivity index (χ4n) is 2.55. The quantitative estimate of drug-likeness (QED) is 0.427. The van der Waals surface area contributed by atoms with E-state index in [9.17, 15) is 14.9 Å². The van der Waals surface area contributed by atoms with Gasteiger partial charge in [-0.1, -0.05) is 30.3 Å². The van der Waals surface area contributed by atoms with E-state index in [-0.39, 0.29) is 11.6 Å². The van der Waals surface area contributed by atoms with Crippen LogP contribution in [0.25, 0.3) is 0 Å². The van der Waals surface area contributed by atoms with Gasteiger partial charge >= 0.3 is 0 Å². The van der Waals surface area contributed by atoms with Crippen LogP contribution in [-0.4, -0.2) is 10.8 Å². The number of nitro groups is 1. The van der Waals surface area contributed by atoms with Gasteiger partial charge in [0.15, 0.2) is 0 Å². The van der Waals surface area contributed by atoms with Crippen LogP contribution in [0.5, 0.6) is 0 Å². The maximum absolute atomic E-state index is 12.9. The molecule has 0 aliphatic carbocycles. The molecule has 0 aliphatic heterocycles. The second kappa shape index (κ2) is 8.61. The third-order valence-corrected chi connectivity index (χ3v) is 4.53. The van der Waals surface area contributed by atoms with Gasteiger partial charge in [0.2, 0.25) is 5.91 Å². The zero-order valence-electron chi connectivity index (χ0n) is 14.1. The number of halogens is 1. The Morgan fingerprint density at radius 1 is 1.15 bits per heavy atom. The number of carbonyl (C=O) groups excluding carboxylic acids is 1. The van der Waals surface area contributed by atoms with E-state index in [0.29, 0.717) is 22.5 Å².